The van der Waals surface area contributed by atoms with Gasteiger partial charge in [0, 0.05) is 29.8 Å². The number of rotatable bonds is 6. The van der Waals surface area contributed by atoms with Gasteiger partial charge in [0.05, 0.1) is 17.8 Å². The Balaban J connectivity index is 1.83. The molecule has 31 heavy (non-hydrogen) atoms. The van der Waals surface area contributed by atoms with Crippen molar-refractivity contribution in [3.05, 3.63) is 82.4 Å². The summed E-state index contributed by atoms with van der Waals surface area (Å²) < 4.78 is 2.38. The summed E-state index contributed by atoms with van der Waals surface area (Å²) in [6.45, 7) is 11.9. The van der Waals surface area contributed by atoms with Crippen molar-refractivity contribution in [2.75, 3.05) is 6.54 Å². The molecule has 3 aromatic rings. The van der Waals surface area contributed by atoms with Crippen LogP contribution in [0.3, 0.4) is 0 Å². The first-order valence-corrected chi connectivity index (χ1v) is 11.6. The molecule has 0 saturated carbocycles. The van der Waals surface area contributed by atoms with Crippen molar-refractivity contribution in [3.8, 4) is 5.69 Å². The molecule has 3 heterocycles. The molecule has 0 unspecified atom stereocenters. The van der Waals surface area contributed by atoms with Gasteiger partial charge < -0.3 is 14.8 Å². The number of benzene rings is 1. The lowest BCUT2D eigenvalue weighted by atomic mass is 9.96. The number of aromatic nitrogens is 2. The maximum absolute atomic E-state index is 5.80. The van der Waals surface area contributed by atoms with Crippen molar-refractivity contribution in [1.29, 1.82) is 0 Å². The molecule has 1 N–H and O–H groups in total. The third-order valence-corrected chi connectivity index (χ3v) is 6.56. The number of hydrogen-bond donors (Lipinski definition) is 1. The van der Waals surface area contributed by atoms with E-state index in [9.17, 15) is 0 Å². The van der Waals surface area contributed by atoms with E-state index >= 15 is 0 Å². The lowest BCUT2D eigenvalue weighted by molar-refractivity contribution is 0.312. The fourth-order valence-corrected chi connectivity index (χ4v) is 5.21. The van der Waals surface area contributed by atoms with Crippen molar-refractivity contribution >= 4 is 17.3 Å². The van der Waals surface area contributed by atoms with Gasteiger partial charge in [-0.05, 0) is 93.4 Å². The fraction of sp³-hybridized carbons (Fsp3) is 0.385. The van der Waals surface area contributed by atoms with Gasteiger partial charge in [0.2, 0.25) is 0 Å². The van der Waals surface area contributed by atoms with Crippen LogP contribution in [0.2, 0.25) is 0 Å². The van der Waals surface area contributed by atoms with Gasteiger partial charge in [-0.2, -0.15) is 0 Å². The highest BCUT2D eigenvalue weighted by Gasteiger charge is 2.41. The van der Waals surface area contributed by atoms with Crippen LogP contribution in [-0.4, -0.2) is 26.1 Å². The molecular weight excluding hydrogens is 400 g/mol. The summed E-state index contributed by atoms with van der Waals surface area (Å²) in [5.74, 6) is 0. The average Bonchev–Trinajstić information content (AvgIpc) is 3.21. The lowest BCUT2D eigenvalue weighted by Crippen LogP contribution is -2.30. The molecule has 0 spiro atoms. The topological polar surface area (TPSA) is 33.1 Å². The summed E-state index contributed by atoms with van der Waals surface area (Å²) >= 11 is 5.80. The predicted molar refractivity (Wildman–Crippen MR) is 132 cm³/mol. The Kier molecular flexibility index (Phi) is 6.15. The summed E-state index contributed by atoms with van der Waals surface area (Å²) in [5, 5.41) is 4.40. The SMILES string of the molecule is CCCCN1C(=S)N[C@@H](c2ccccn2)[C@@H]1c1cc(C)n(-c2cc(C)cc(C)c2)c1C. The highest BCUT2D eigenvalue weighted by molar-refractivity contribution is 7.80. The number of thiocarbonyl (C=S) groups is 1. The molecular formula is C26H32N4S. The zero-order chi connectivity index (χ0) is 22.1. The van der Waals surface area contributed by atoms with Gasteiger partial charge in [0.15, 0.2) is 5.11 Å². The second-order valence-electron chi connectivity index (χ2n) is 8.68. The minimum atomic E-state index is 0.0405. The van der Waals surface area contributed by atoms with E-state index in [4.69, 9.17) is 12.2 Å². The van der Waals surface area contributed by atoms with Crippen LogP contribution in [0.25, 0.3) is 5.69 Å². The van der Waals surface area contributed by atoms with E-state index in [1.807, 2.05) is 12.3 Å². The highest BCUT2D eigenvalue weighted by atomic mass is 32.1. The van der Waals surface area contributed by atoms with Gasteiger partial charge in [-0.3, -0.25) is 4.98 Å². The summed E-state index contributed by atoms with van der Waals surface area (Å²) in [6.07, 6.45) is 4.12. The first kappa shape index (κ1) is 21.6. The second kappa shape index (κ2) is 8.83. The van der Waals surface area contributed by atoms with Gasteiger partial charge in [-0.1, -0.05) is 25.5 Å². The van der Waals surface area contributed by atoms with E-state index in [2.05, 4.69) is 90.8 Å². The van der Waals surface area contributed by atoms with Crippen LogP contribution >= 0.6 is 12.2 Å². The van der Waals surface area contributed by atoms with Crippen LogP contribution in [0.5, 0.6) is 0 Å². The molecule has 0 aliphatic carbocycles. The van der Waals surface area contributed by atoms with Crippen molar-refractivity contribution in [2.45, 2.75) is 59.5 Å². The van der Waals surface area contributed by atoms with Crippen molar-refractivity contribution < 1.29 is 0 Å². The molecule has 0 amide bonds. The average molecular weight is 433 g/mol. The molecule has 1 aliphatic rings. The minimum Gasteiger partial charge on any atom is -0.352 e. The van der Waals surface area contributed by atoms with Crippen LogP contribution < -0.4 is 5.32 Å². The Morgan fingerprint density at radius 1 is 1.03 bits per heavy atom. The minimum absolute atomic E-state index is 0.0405. The van der Waals surface area contributed by atoms with Crippen molar-refractivity contribution in [1.82, 2.24) is 19.8 Å². The summed E-state index contributed by atoms with van der Waals surface area (Å²) in [5.41, 5.74) is 8.64. The third-order valence-electron chi connectivity index (χ3n) is 6.20. The monoisotopic (exact) mass is 432 g/mol. The lowest BCUT2D eigenvalue weighted by Gasteiger charge is -2.28. The van der Waals surface area contributed by atoms with Gasteiger partial charge in [0.25, 0.3) is 0 Å². The Labute approximate surface area is 191 Å². The predicted octanol–water partition coefficient (Wildman–Crippen LogP) is 5.88. The number of pyridine rings is 1. The highest BCUT2D eigenvalue weighted by Crippen LogP contribution is 2.41. The Hall–Kier alpha value is -2.66. The van der Waals surface area contributed by atoms with Gasteiger partial charge >= 0.3 is 0 Å². The molecule has 1 aliphatic heterocycles. The van der Waals surface area contributed by atoms with E-state index in [-0.39, 0.29) is 12.1 Å². The zero-order valence-corrected chi connectivity index (χ0v) is 20.0. The summed E-state index contributed by atoms with van der Waals surface area (Å²) in [6, 6.07) is 15.4. The van der Waals surface area contributed by atoms with Gasteiger partial charge in [0.1, 0.15) is 0 Å². The molecule has 0 bridgehead atoms. The summed E-state index contributed by atoms with van der Waals surface area (Å²) in [7, 11) is 0. The fourth-order valence-electron chi connectivity index (χ4n) is 4.88. The maximum atomic E-state index is 5.80. The molecule has 4 nitrogen and oxygen atoms in total. The molecule has 5 heteroatoms. The maximum Gasteiger partial charge on any atom is 0.170 e. The van der Waals surface area contributed by atoms with E-state index < -0.39 is 0 Å². The number of aryl methyl sites for hydroxylation is 3. The molecule has 0 radical (unpaired) electrons. The Morgan fingerprint density at radius 2 is 1.77 bits per heavy atom. The number of nitrogens with one attached hydrogen (secondary N) is 1. The molecule has 162 valence electrons. The molecule has 4 rings (SSSR count). The number of hydrogen-bond acceptors (Lipinski definition) is 2. The van der Waals surface area contributed by atoms with E-state index in [1.54, 1.807) is 0 Å². The second-order valence-corrected chi connectivity index (χ2v) is 9.07. The molecule has 1 aromatic carbocycles. The number of unbranched alkanes of at least 4 members (excludes halogenated alkanes) is 1. The first-order valence-electron chi connectivity index (χ1n) is 11.2. The van der Waals surface area contributed by atoms with E-state index in [1.165, 1.54) is 33.8 Å². The van der Waals surface area contributed by atoms with Crippen LogP contribution in [0.1, 0.15) is 65.6 Å². The van der Waals surface area contributed by atoms with Crippen LogP contribution in [-0.2, 0) is 0 Å². The summed E-state index contributed by atoms with van der Waals surface area (Å²) in [4.78, 5) is 7.04. The van der Waals surface area contributed by atoms with Gasteiger partial charge in [-0.15, -0.1) is 0 Å². The molecule has 1 saturated heterocycles. The Bertz CT molecular complexity index is 1070. The van der Waals surface area contributed by atoms with Crippen LogP contribution in [0.4, 0.5) is 0 Å². The van der Waals surface area contributed by atoms with Crippen molar-refractivity contribution in [2.24, 2.45) is 0 Å². The quantitative estimate of drug-likeness (QED) is 0.493. The molecule has 1 fully saturated rings. The number of nitrogens with zero attached hydrogens (tertiary/aromatic N) is 3. The Morgan fingerprint density at radius 3 is 2.42 bits per heavy atom. The third kappa shape index (κ3) is 4.11. The normalized spacial score (nSPS) is 18.5. The molecule has 2 atom stereocenters. The van der Waals surface area contributed by atoms with Crippen LogP contribution in [0.15, 0.2) is 48.7 Å². The zero-order valence-electron chi connectivity index (χ0n) is 19.1. The van der Waals surface area contributed by atoms with Gasteiger partial charge in [-0.25, -0.2) is 0 Å². The standard InChI is InChI=1S/C26H32N4S/c1-6-7-12-29-25(24(28-26(29)31)23-10-8-9-11-27-23)22-16-19(4)30(20(22)5)21-14-17(2)13-18(3)15-21/h8-11,13-16,24-25H,6-7,12H2,1-5H3,(H,28,31)/t24-,25-/m0/s1. The van der Waals surface area contributed by atoms with Crippen molar-refractivity contribution in [3.63, 3.8) is 0 Å². The molecule has 2 aromatic heterocycles. The smallest absolute Gasteiger partial charge is 0.170 e. The van der Waals surface area contributed by atoms with E-state index in [0.29, 0.717) is 0 Å². The first-order chi connectivity index (χ1) is 14.9. The van der Waals surface area contributed by atoms with Crippen LogP contribution in [0, 0.1) is 27.7 Å². The van der Waals surface area contributed by atoms with E-state index in [0.717, 1.165) is 30.2 Å². The largest absolute Gasteiger partial charge is 0.352 e.